The molecule has 0 unspecified atom stereocenters. The number of piperidine rings is 1. The number of urea groups is 1. The summed E-state index contributed by atoms with van der Waals surface area (Å²) in [5.74, 6) is -0.998. The summed E-state index contributed by atoms with van der Waals surface area (Å²) in [7, 11) is 0. The number of carboxylic acids is 1. The maximum absolute atomic E-state index is 11.8. The molecular formula is C14H19N3O3. The van der Waals surface area contributed by atoms with E-state index in [0.717, 1.165) is 25.9 Å². The van der Waals surface area contributed by atoms with Crippen LogP contribution in [0.2, 0.25) is 0 Å². The number of amides is 2. The Balaban J connectivity index is 1.96. The number of carboxylic acid groups (broad SMARTS) is 1. The lowest BCUT2D eigenvalue weighted by molar-refractivity contribution is 0.0696. The largest absolute Gasteiger partial charge is 0.478 e. The number of aryl methyl sites for hydroxylation is 1. The summed E-state index contributed by atoms with van der Waals surface area (Å²) in [5.41, 5.74) is 4.10. The number of carbonyl (C=O) groups excluding carboxylic acids is 1. The molecule has 6 nitrogen and oxygen atoms in total. The Morgan fingerprint density at radius 3 is 2.55 bits per heavy atom. The maximum Gasteiger partial charge on any atom is 0.336 e. The fraction of sp³-hybridized carbons (Fsp3) is 0.429. The Bertz CT molecular complexity index is 510. The lowest BCUT2D eigenvalue weighted by atomic mass is 10.1. The minimum Gasteiger partial charge on any atom is -0.478 e. The highest BCUT2D eigenvalue weighted by Gasteiger charge is 2.13. The molecule has 1 aliphatic heterocycles. The van der Waals surface area contributed by atoms with Gasteiger partial charge in [-0.3, -0.25) is 5.43 Å². The topological polar surface area (TPSA) is 81.7 Å². The molecule has 1 aromatic carbocycles. The van der Waals surface area contributed by atoms with Crippen LogP contribution in [-0.4, -0.2) is 35.2 Å². The second kappa shape index (κ2) is 6.38. The number of carbonyl (C=O) groups is 2. The van der Waals surface area contributed by atoms with E-state index in [4.69, 9.17) is 5.11 Å². The summed E-state index contributed by atoms with van der Waals surface area (Å²) in [5, 5.41) is 13.6. The third-order valence-corrected chi connectivity index (χ3v) is 3.34. The standard InChI is InChI=1S/C14H19N3O3/c1-10-5-6-11(9-12(10)13(18)19)15-14(20)16-17-7-3-2-4-8-17/h5-6,9H,2-4,7-8H2,1H3,(H,18,19)(H2,15,16,20). The average molecular weight is 277 g/mol. The first-order valence-electron chi connectivity index (χ1n) is 6.73. The van der Waals surface area contributed by atoms with Crippen LogP contribution in [0.3, 0.4) is 0 Å². The van der Waals surface area contributed by atoms with Crippen molar-refractivity contribution in [1.82, 2.24) is 10.4 Å². The molecule has 0 atom stereocenters. The molecule has 1 aliphatic rings. The van der Waals surface area contributed by atoms with E-state index in [0.29, 0.717) is 11.3 Å². The Kier molecular flexibility index (Phi) is 4.57. The number of hydrazine groups is 1. The highest BCUT2D eigenvalue weighted by molar-refractivity contribution is 5.94. The fourth-order valence-corrected chi connectivity index (χ4v) is 2.24. The molecule has 0 saturated carbocycles. The van der Waals surface area contributed by atoms with Crippen molar-refractivity contribution >= 4 is 17.7 Å². The van der Waals surface area contributed by atoms with E-state index >= 15 is 0 Å². The van der Waals surface area contributed by atoms with Crippen LogP contribution >= 0.6 is 0 Å². The van der Waals surface area contributed by atoms with Gasteiger partial charge in [-0.2, -0.15) is 0 Å². The van der Waals surface area contributed by atoms with Gasteiger partial charge in [0.1, 0.15) is 0 Å². The summed E-state index contributed by atoms with van der Waals surface area (Å²) in [4.78, 5) is 22.9. The molecule has 1 fully saturated rings. The van der Waals surface area contributed by atoms with Crippen LogP contribution in [-0.2, 0) is 0 Å². The van der Waals surface area contributed by atoms with Gasteiger partial charge in [0.2, 0.25) is 0 Å². The predicted molar refractivity (Wildman–Crippen MR) is 75.7 cm³/mol. The van der Waals surface area contributed by atoms with E-state index in [2.05, 4.69) is 10.7 Å². The zero-order valence-electron chi connectivity index (χ0n) is 11.5. The van der Waals surface area contributed by atoms with Crippen molar-refractivity contribution in [2.45, 2.75) is 26.2 Å². The lowest BCUT2D eigenvalue weighted by Gasteiger charge is -2.26. The molecule has 0 bridgehead atoms. The number of anilines is 1. The third-order valence-electron chi connectivity index (χ3n) is 3.34. The Labute approximate surface area is 117 Å². The van der Waals surface area contributed by atoms with Gasteiger partial charge in [-0.05, 0) is 37.5 Å². The van der Waals surface area contributed by atoms with Crippen molar-refractivity contribution in [3.8, 4) is 0 Å². The van der Waals surface area contributed by atoms with Crippen molar-refractivity contribution < 1.29 is 14.7 Å². The van der Waals surface area contributed by atoms with Crippen LogP contribution in [0.5, 0.6) is 0 Å². The van der Waals surface area contributed by atoms with E-state index in [9.17, 15) is 9.59 Å². The molecule has 1 aromatic rings. The van der Waals surface area contributed by atoms with Gasteiger partial charge in [-0.15, -0.1) is 0 Å². The third kappa shape index (κ3) is 3.71. The average Bonchev–Trinajstić information content (AvgIpc) is 2.41. The van der Waals surface area contributed by atoms with Gasteiger partial charge >= 0.3 is 12.0 Å². The Hall–Kier alpha value is -2.08. The molecule has 0 aliphatic carbocycles. The SMILES string of the molecule is Cc1ccc(NC(=O)NN2CCCCC2)cc1C(=O)O. The van der Waals surface area contributed by atoms with Gasteiger partial charge in [-0.1, -0.05) is 12.5 Å². The van der Waals surface area contributed by atoms with Crippen molar-refractivity contribution in [2.75, 3.05) is 18.4 Å². The number of nitrogens with one attached hydrogen (secondary N) is 2. The molecule has 1 heterocycles. The Morgan fingerprint density at radius 2 is 1.90 bits per heavy atom. The number of rotatable bonds is 3. The van der Waals surface area contributed by atoms with Crippen LogP contribution in [0.4, 0.5) is 10.5 Å². The monoisotopic (exact) mass is 277 g/mol. The molecule has 0 spiro atoms. The van der Waals surface area contributed by atoms with Crippen molar-refractivity contribution in [2.24, 2.45) is 0 Å². The van der Waals surface area contributed by atoms with Gasteiger partial charge in [0.15, 0.2) is 0 Å². The lowest BCUT2D eigenvalue weighted by Crippen LogP contribution is -2.46. The number of nitrogens with zero attached hydrogens (tertiary/aromatic N) is 1. The van der Waals surface area contributed by atoms with Gasteiger partial charge in [-0.25, -0.2) is 14.6 Å². The molecule has 0 radical (unpaired) electrons. The second-order valence-corrected chi connectivity index (χ2v) is 4.95. The number of benzene rings is 1. The van der Waals surface area contributed by atoms with E-state index in [1.807, 2.05) is 5.01 Å². The van der Waals surface area contributed by atoms with Crippen LogP contribution < -0.4 is 10.7 Å². The van der Waals surface area contributed by atoms with Gasteiger partial charge in [0.05, 0.1) is 5.56 Å². The van der Waals surface area contributed by atoms with Crippen molar-refractivity contribution in [3.63, 3.8) is 0 Å². The van der Waals surface area contributed by atoms with E-state index in [-0.39, 0.29) is 11.6 Å². The zero-order valence-corrected chi connectivity index (χ0v) is 11.5. The smallest absolute Gasteiger partial charge is 0.336 e. The second-order valence-electron chi connectivity index (χ2n) is 4.95. The van der Waals surface area contributed by atoms with Gasteiger partial charge in [0, 0.05) is 18.8 Å². The first-order chi connectivity index (χ1) is 9.56. The first kappa shape index (κ1) is 14.3. The number of hydrogen-bond acceptors (Lipinski definition) is 3. The molecule has 0 aromatic heterocycles. The molecule has 2 amide bonds. The first-order valence-corrected chi connectivity index (χ1v) is 6.73. The van der Waals surface area contributed by atoms with Gasteiger partial charge < -0.3 is 10.4 Å². The zero-order chi connectivity index (χ0) is 14.5. The molecule has 2 rings (SSSR count). The molecule has 3 N–H and O–H groups in total. The summed E-state index contributed by atoms with van der Waals surface area (Å²) < 4.78 is 0. The minimum absolute atomic E-state index is 0.195. The fourth-order valence-electron chi connectivity index (χ4n) is 2.24. The quantitative estimate of drug-likeness (QED) is 0.791. The highest BCUT2D eigenvalue weighted by atomic mass is 16.4. The highest BCUT2D eigenvalue weighted by Crippen LogP contribution is 2.15. The van der Waals surface area contributed by atoms with Crippen LogP contribution in [0.25, 0.3) is 0 Å². The maximum atomic E-state index is 11.8. The van der Waals surface area contributed by atoms with Gasteiger partial charge in [0.25, 0.3) is 0 Å². The number of aromatic carboxylic acids is 1. The molecule has 20 heavy (non-hydrogen) atoms. The molecule has 6 heteroatoms. The summed E-state index contributed by atoms with van der Waals surface area (Å²) in [6, 6.07) is 4.50. The molecule has 108 valence electrons. The molecule has 1 saturated heterocycles. The molecular weight excluding hydrogens is 258 g/mol. The van der Waals surface area contributed by atoms with Crippen molar-refractivity contribution in [3.05, 3.63) is 29.3 Å². The van der Waals surface area contributed by atoms with E-state index < -0.39 is 5.97 Å². The number of hydrogen-bond donors (Lipinski definition) is 3. The van der Waals surface area contributed by atoms with Crippen LogP contribution in [0.15, 0.2) is 18.2 Å². The van der Waals surface area contributed by atoms with E-state index in [1.165, 1.54) is 12.5 Å². The summed E-state index contributed by atoms with van der Waals surface area (Å²) in [6.45, 7) is 3.42. The minimum atomic E-state index is -0.998. The predicted octanol–water partition coefficient (Wildman–Crippen LogP) is 2.22. The van der Waals surface area contributed by atoms with Crippen LogP contribution in [0, 0.1) is 6.92 Å². The normalized spacial score (nSPS) is 15.7. The van der Waals surface area contributed by atoms with E-state index in [1.54, 1.807) is 19.1 Å². The Morgan fingerprint density at radius 1 is 1.20 bits per heavy atom. The van der Waals surface area contributed by atoms with Crippen molar-refractivity contribution in [1.29, 1.82) is 0 Å². The summed E-state index contributed by atoms with van der Waals surface area (Å²) >= 11 is 0. The van der Waals surface area contributed by atoms with Crippen LogP contribution in [0.1, 0.15) is 35.2 Å². The summed E-state index contributed by atoms with van der Waals surface area (Å²) in [6.07, 6.45) is 3.35.